The van der Waals surface area contributed by atoms with Gasteiger partial charge in [0, 0.05) is 19.4 Å². The third-order valence-corrected chi connectivity index (χ3v) is 2.28. The van der Waals surface area contributed by atoms with Gasteiger partial charge in [-0.05, 0) is 19.3 Å². The molecule has 0 aromatic carbocycles. The van der Waals surface area contributed by atoms with Gasteiger partial charge in [0.25, 0.3) is 0 Å². The fourth-order valence-corrected chi connectivity index (χ4v) is 1.19. The van der Waals surface area contributed by atoms with Crippen LogP contribution in [0, 0.1) is 0 Å². The van der Waals surface area contributed by atoms with E-state index in [9.17, 15) is 9.59 Å². The average molecular weight is 308 g/mol. The molecule has 3 N–H and O–H groups in total. The monoisotopic (exact) mass is 308 g/mol. The second-order valence-electron chi connectivity index (χ2n) is 4.30. The van der Waals surface area contributed by atoms with Crippen LogP contribution >= 0.6 is 0 Å². The van der Waals surface area contributed by atoms with E-state index in [-0.39, 0.29) is 19.4 Å². The lowest BCUT2D eigenvalue weighted by molar-refractivity contribution is -0.139. The average Bonchev–Trinajstić information content (AvgIpc) is 2.43. The first-order chi connectivity index (χ1) is 10.0. The number of hydrogen-bond donors (Lipinski definition) is 3. The number of unbranched alkanes of at least 4 members (excludes halogenated alkanes) is 2. The summed E-state index contributed by atoms with van der Waals surface area (Å²) >= 11 is 0. The van der Waals surface area contributed by atoms with Crippen LogP contribution in [0.3, 0.4) is 0 Å². The lowest BCUT2D eigenvalue weighted by atomic mass is 10.2. The van der Waals surface area contributed by atoms with E-state index in [0.29, 0.717) is 32.7 Å². The Bertz CT molecular complexity index is 219. The van der Waals surface area contributed by atoms with Crippen LogP contribution in [0.1, 0.15) is 45.4 Å². The van der Waals surface area contributed by atoms with E-state index < -0.39 is 11.9 Å². The molecule has 126 valence electrons. The number of aliphatic hydroxyl groups excluding tert-OH is 1. The zero-order chi connectivity index (χ0) is 16.3. The fourth-order valence-electron chi connectivity index (χ4n) is 1.19. The van der Waals surface area contributed by atoms with Gasteiger partial charge in [0.1, 0.15) is 0 Å². The maximum absolute atomic E-state index is 9.90. The molecule has 0 aliphatic heterocycles. The molecule has 0 atom stereocenters. The summed E-state index contributed by atoms with van der Waals surface area (Å²) in [6.07, 6.45) is 3.29. The van der Waals surface area contributed by atoms with Gasteiger partial charge in [-0.15, -0.1) is 0 Å². The molecule has 0 aromatic rings. The van der Waals surface area contributed by atoms with Crippen LogP contribution in [0.15, 0.2) is 0 Å². The number of carboxylic acid groups (broad SMARTS) is 2. The molecule has 0 rings (SSSR count). The Morgan fingerprint density at radius 2 is 1.29 bits per heavy atom. The van der Waals surface area contributed by atoms with Gasteiger partial charge in [-0.25, -0.2) is 0 Å². The van der Waals surface area contributed by atoms with E-state index in [0.717, 1.165) is 19.4 Å². The molecule has 7 heteroatoms. The van der Waals surface area contributed by atoms with E-state index in [1.54, 1.807) is 0 Å². The number of hydrogen-bond acceptors (Lipinski definition) is 5. The predicted molar refractivity (Wildman–Crippen MR) is 77.4 cm³/mol. The second-order valence-corrected chi connectivity index (χ2v) is 4.30. The molecule has 0 unspecified atom stereocenters. The molecule has 0 amide bonds. The van der Waals surface area contributed by atoms with Crippen LogP contribution in [0.25, 0.3) is 0 Å². The summed E-state index contributed by atoms with van der Waals surface area (Å²) in [7, 11) is 0. The Morgan fingerprint density at radius 3 is 1.67 bits per heavy atom. The van der Waals surface area contributed by atoms with Crippen molar-refractivity contribution in [2.24, 2.45) is 0 Å². The maximum atomic E-state index is 9.90. The van der Waals surface area contributed by atoms with Crippen LogP contribution in [0.5, 0.6) is 0 Å². The van der Waals surface area contributed by atoms with Crippen molar-refractivity contribution in [1.29, 1.82) is 0 Å². The lowest BCUT2D eigenvalue weighted by Gasteiger charge is -2.02. The van der Waals surface area contributed by atoms with Crippen molar-refractivity contribution < 1.29 is 34.4 Å². The van der Waals surface area contributed by atoms with Gasteiger partial charge in [0.15, 0.2) is 0 Å². The zero-order valence-electron chi connectivity index (χ0n) is 12.8. The summed E-state index contributed by atoms with van der Waals surface area (Å²) < 4.78 is 10.2. The van der Waals surface area contributed by atoms with Gasteiger partial charge in [0.05, 0.1) is 26.4 Å². The molecule has 0 heterocycles. The van der Waals surface area contributed by atoms with Crippen molar-refractivity contribution in [2.45, 2.75) is 45.4 Å². The minimum atomic E-state index is -0.870. The molecule has 0 fully saturated rings. The molecular formula is C14H28O7. The van der Waals surface area contributed by atoms with Gasteiger partial charge in [-0.3, -0.25) is 9.59 Å². The molecule has 0 aliphatic rings. The van der Waals surface area contributed by atoms with Crippen LogP contribution < -0.4 is 0 Å². The molecule has 0 spiro atoms. The number of aliphatic carboxylic acids is 2. The predicted octanol–water partition coefficient (Wildman–Crippen LogP) is 1.53. The summed E-state index contributed by atoms with van der Waals surface area (Å²) in [6.45, 7) is 4.68. The number of rotatable bonds is 13. The van der Waals surface area contributed by atoms with Gasteiger partial charge in [0.2, 0.25) is 0 Å². The summed E-state index contributed by atoms with van der Waals surface area (Å²) in [5.74, 6) is -1.74. The van der Waals surface area contributed by atoms with Crippen molar-refractivity contribution in [1.82, 2.24) is 0 Å². The Balaban J connectivity index is 0. The van der Waals surface area contributed by atoms with E-state index in [2.05, 4.69) is 6.92 Å². The molecule has 0 aromatic heterocycles. The Morgan fingerprint density at radius 1 is 0.810 bits per heavy atom. The van der Waals surface area contributed by atoms with Crippen LogP contribution in [0.4, 0.5) is 0 Å². The van der Waals surface area contributed by atoms with Crippen molar-refractivity contribution in [3.05, 3.63) is 0 Å². The summed E-state index contributed by atoms with van der Waals surface area (Å²) in [6, 6.07) is 0. The van der Waals surface area contributed by atoms with Crippen LogP contribution in [-0.4, -0.2) is 60.3 Å². The van der Waals surface area contributed by atoms with Gasteiger partial charge in [-0.1, -0.05) is 13.3 Å². The van der Waals surface area contributed by atoms with Crippen molar-refractivity contribution in [3.8, 4) is 0 Å². The summed E-state index contributed by atoms with van der Waals surface area (Å²) in [5, 5.41) is 24.6. The molecule has 0 radical (unpaired) electrons. The quantitative estimate of drug-likeness (QED) is 0.442. The van der Waals surface area contributed by atoms with Crippen molar-refractivity contribution in [2.75, 3.05) is 33.0 Å². The largest absolute Gasteiger partial charge is 0.481 e. The molecule has 0 saturated carbocycles. The smallest absolute Gasteiger partial charge is 0.303 e. The summed E-state index contributed by atoms with van der Waals surface area (Å²) in [4.78, 5) is 19.8. The normalized spacial score (nSPS) is 9.81. The van der Waals surface area contributed by atoms with Crippen molar-refractivity contribution in [3.63, 3.8) is 0 Å². The number of ether oxygens (including phenoxy) is 2. The van der Waals surface area contributed by atoms with Crippen molar-refractivity contribution >= 4 is 11.9 Å². The molecule has 0 bridgehead atoms. The Labute approximate surface area is 125 Å². The first-order valence-electron chi connectivity index (χ1n) is 7.24. The lowest BCUT2D eigenvalue weighted by Crippen LogP contribution is -2.07. The maximum Gasteiger partial charge on any atom is 0.303 e. The Hall–Kier alpha value is -1.18. The van der Waals surface area contributed by atoms with E-state index in [1.807, 2.05) is 0 Å². The molecule has 0 saturated heterocycles. The zero-order valence-corrected chi connectivity index (χ0v) is 12.8. The Kier molecular flexibility index (Phi) is 19.8. The highest BCUT2D eigenvalue weighted by Crippen LogP contribution is 1.98. The third kappa shape index (κ3) is 27.9. The van der Waals surface area contributed by atoms with E-state index in [1.165, 1.54) is 0 Å². The topological polar surface area (TPSA) is 113 Å². The standard InChI is InChI=1S/C8H18O3.C6H10O4/c1-2-3-5-10-7-8-11-6-4-9;7-5(8)3-1-2-4-6(9)10/h9H,2-8H2,1H3;1-4H2,(H,7,8)(H,9,10). The first kappa shape index (κ1) is 22.1. The van der Waals surface area contributed by atoms with Crippen LogP contribution in [0.2, 0.25) is 0 Å². The molecule has 0 aliphatic carbocycles. The molecule has 7 nitrogen and oxygen atoms in total. The van der Waals surface area contributed by atoms with Gasteiger partial charge in [-0.2, -0.15) is 0 Å². The number of aliphatic hydroxyl groups is 1. The van der Waals surface area contributed by atoms with E-state index >= 15 is 0 Å². The molecule has 21 heavy (non-hydrogen) atoms. The number of carboxylic acids is 2. The van der Waals surface area contributed by atoms with Gasteiger partial charge < -0.3 is 24.8 Å². The third-order valence-electron chi connectivity index (χ3n) is 2.28. The SMILES string of the molecule is CCCCOCCOCCO.O=C(O)CCCCC(=O)O. The summed E-state index contributed by atoms with van der Waals surface area (Å²) in [5.41, 5.74) is 0. The molecular weight excluding hydrogens is 280 g/mol. The minimum Gasteiger partial charge on any atom is -0.481 e. The highest BCUT2D eigenvalue weighted by Gasteiger charge is 1.99. The van der Waals surface area contributed by atoms with E-state index in [4.69, 9.17) is 24.8 Å². The minimum absolute atomic E-state index is 0.0628. The van der Waals surface area contributed by atoms with Crippen LogP contribution in [-0.2, 0) is 19.1 Å². The first-order valence-corrected chi connectivity index (χ1v) is 7.24. The highest BCUT2D eigenvalue weighted by molar-refractivity contribution is 5.67. The number of carbonyl (C=O) groups is 2. The second kappa shape index (κ2) is 18.8. The fraction of sp³-hybridized carbons (Fsp3) is 0.857. The van der Waals surface area contributed by atoms with Gasteiger partial charge >= 0.3 is 11.9 Å². The highest BCUT2D eigenvalue weighted by atomic mass is 16.5.